The molecule has 0 aliphatic heterocycles. The van der Waals surface area contributed by atoms with Crippen LogP contribution in [0.5, 0.6) is 0 Å². The van der Waals surface area contributed by atoms with Crippen LogP contribution in [0.1, 0.15) is 5.56 Å². The minimum Gasteiger partial charge on any atom is -0.480 e. The molecule has 0 heterocycles. The van der Waals surface area contributed by atoms with Crippen LogP contribution in [0.3, 0.4) is 0 Å². The van der Waals surface area contributed by atoms with Crippen molar-refractivity contribution >= 4 is 24.4 Å². The number of hydrogen-bond donors (Lipinski definition) is 4. The third kappa shape index (κ3) is 4.83. The summed E-state index contributed by atoms with van der Waals surface area (Å²) in [7, 11) is 0. The zero-order valence-electron chi connectivity index (χ0n) is 8.28. The van der Waals surface area contributed by atoms with E-state index in [1.165, 1.54) is 0 Å². The maximum absolute atomic E-state index is 10.9. The Balaban J connectivity index is 2.73. The minimum atomic E-state index is -3.71. The van der Waals surface area contributed by atoms with Crippen LogP contribution >= 0.6 is 6.64 Å². The number of hydrogen-bond acceptors (Lipinski definition) is 2. The summed E-state index contributed by atoms with van der Waals surface area (Å²) in [5.41, 5.74) is 0.783. The number of aliphatic carboxylic acids is 1. The van der Waals surface area contributed by atoms with Crippen molar-refractivity contribution in [1.29, 1.82) is 0 Å². The van der Waals surface area contributed by atoms with Crippen molar-refractivity contribution in [2.24, 2.45) is 0 Å². The highest BCUT2D eigenvalue weighted by atomic mass is 32.5. The molecule has 1 atom stereocenters. The van der Waals surface area contributed by atoms with Gasteiger partial charge in [0.1, 0.15) is 6.04 Å². The van der Waals surface area contributed by atoms with E-state index in [9.17, 15) is 4.79 Å². The molecular weight excluding hydrogens is 249 g/mol. The predicted molar refractivity (Wildman–Crippen MR) is 63.4 cm³/mol. The quantitative estimate of drug-likeness (QED) is 0.576. The first kappa shape index (κ1) is 13.3. The van der Waals surface area contributed by atoms with Crippen LogP contribution in [0, 0.1) is 0 Å². The second-order valence-electron chi connectivity index (χ2n) is 3.25. The molecule has 0 amide bonds. The Bertz CT molecular complexity index is 405. The summed E-state index contributed by atoms with van der Waals surface area (Å²) >= 11 is 4.34. The largest absolute Gasteiger partial charge is 0.480 e. The lowest BCUT2D eigenvalue weighted by Crippen LogP contribution is -2.36. The van der Waals surface area contributed by atoms with Gasteiger partial charge in [0.2, 0.25) is 0 Å². The summed E-state index contributed by atoms with van der Waals surface area (Å²) in [6, 6.07) is 7.80. The number of carboxylic acids is 1. The Kier molecular flexibility index (Phi) is 4.58. The number of nitrogens with one attached hydrogen (secondary N) is 1. The van der Waals surface area contributed by atoms with Gasteiger partial charge in [-0.05, 0) is 23.8 Å². The van der Waals surface area contributed by atoms with E-state index < -0.39 is 18.7 Å². The zero-order valence-corrected chi connectivity index (χ0v) is 9.99. The molecule has 0 fully saturated rings. The van der Waals surface area contributed by atoms with Gasteiger partial charge in [-0.1, -0.05) is 30.3 Å². The monoisotopic (exact) mass is 261 g/mol. The molecule has 0 saturated carbocycles. The minimum absolute atomic E-state index is 0.148. The molecule has 0 aliphatic carbocycles. The molecule has 1 aromatic carbocycles. The Labute approximate surface area is 98.0 Å². The third-order valence-electron chi connectivity index (χ3n) is 1.90. The SMILES string of the molecule is O=C(O)[C@@H](Cc1ccccc1)NP(O)(O)=S. The second-order valence-corrected chi connectivity index (χ2v) is 6.13. The molecule has 1 rings (SSSR count). The van der Waals surface area contributed by atoms with Crippen molar-refractivity contribution in [3.05, 3.63) is 35.9 Å². The van der Waals surface area contributed by atoms with Crippen molar-refractivity contribution in [1.82, 2.24) is 5.09 Å². The molecule has 0 unspecified atom stereocenters. The Morgan fingerprint density at radius 1 is 1.38 bits per heavy atom. The molecule has 0 aromatic heterocycles. The van der Waals surface area contributed by atoms with Gasteiger partial charge in [0.25, 0.3) is 6.64 Å². The predicted octanol–water partition coefficient (Wildman–Crippen LogP) is 0.481. The average molecular weight is 261 g/mol. The first-order valence-electron chi connectivity index (χ1n) is 4.48. The summed E-state index contributed by atoms with van der Waals surface area (Å²) in [6.07, 6.45) is 0.148. The van der Waals surface area contributed by atoms with Gasteiger partial charge >= 0.3 is 5.97 Å². The second kappa shape index (κ2) is 5.52. The molecule has 16 heavy (non-hydrogen) atoms. The van der Waals surface area contributed by atoms with E-state index in [-0.39, 0.29) is 6.42 Å². The number of benzene rings is 1. The Morgan fingerprint density at radius 3 is 2.38 bits per heavy atom. The van der Waals surface area contributed by atoms with Crippen molar-refractivity contribution < 1.29 is 19.7 Å². The highest BCUT2D eigenvalue weighted by Crippen LogP contribution is 2.30. The standard InChI is InChI=1S/C9H12NO4PS/c11-9(12)8(10-15(13,14)16)6-7-4-2-1-3-5-7/h1-5,8H,6H2,(H,11,12)(H3,10,13,14,16)/t8-/m1/s1. The fraction of sp³-hybridized carbons (Fsp3) is 0.222. The summed E-state index contributed by atoms with van der Waals surface area (Å²) in [6.45, 7) is -3.71. The zero-order chi connectivity index (χ0) is 12.2. The molecule has 88 valence electrons. The fourth-order valence-corrected chi connectivity index (χ4v) is 2.23. The van der Waals surface area contributed by atoms with Crippen LogP contribution < -0.4 is 5.09 Å². The van der Waals surface area contributed by atoms with Gasteiger partial charge in [-0.2, -0.15) is 0 Å². The highest BCUT2D eigenvalue weighted by Gasteiger charge is 2.23. The maximum Gasteiger partial charge on any atom is 0.321 e. The van der Waals surface area contributed by atoms with E-state index >= 15 is 0 Å². The van der Waals surface area contributed by atoms with Crippen LogP contribution in [0.15, 0.2) is 30.3 Å². The van der Waals surface area contributed by atoms with Crippen LogP contribution in [0.25, 0.3) is 0 Å². The topological polar surface area (TPSA) is 89.8 Å². The lowest BCUT2D eigenvalue weighted by molar-refractivity contribution is -0.139. The molecule has 0 saturated heterocycles. The number of carboxylic acid groups (broad SMARTS) is 1. The number of rotatable bonds is 5. The number of carbonyl (C=O) groups is 1. The van der Waals surface area contributed by atoms with Gasteiger partial charge in [-0.3, -0.25) is 4.79 Å². The van der Waals surface area contributed by atoms with Crippen molar-refractivity contribution in [3.8, 4) is 0 Å². The van der Waals surface area contributed by atoms with E-state index in [4.69, 9.17) is 14.9 Å². The van der Waals surface area contributed by atoms with E-state index in [2.05, 4.69) is 16.9 Å². The van der Waals surface area contributed by atoms with Crippen LogP contribution in [0.4, 0.5) is 0 Å². The lowest BCUT2D eigenvalue weighted by Gasteiger charge is -2.17. The third-order valence-corrected chi connectivity index (χ3v) is 2.87. The van der Waals surface area contributed by atoms with E-state index in [1.54, 1.807) is 24.3 Å². The van der Waals surface area contributed by atoms with Gasteiger partial charge < -0.3 is 14.9 Å². The van der Waals surface area contributed by atoms with E-state index in [0.29, 0.717) is 0 Å². The Morgan fingerprint density at radius 2 is 1.94 bits per heavy atom. The molecule has 0 bridgehead atoms. The molecule has 0 aliphatic rings. The van der Waals surface area contributed by atoms with Gasteiger partial charge in [0.05, 0.1) is 0 Å². The van der Waals surface area contributed by atoms with Gasteiger partial charge in [-0.25, -0.2) is 5.09 Å². The van der Waals surface area contributed by atoms with E-state index in [0.717, 1.165) is 5.56 Å². The molecule has 1 aromatic rings. The van der Waals surface area contributed by atoms with Crippen molar-refractivity contribution in [2.45, 2.75) is 12.5 Å². The van der Waals surface area contributed by atoms with Crippen LogP contribution in [0.2, 0.25) is 0 Å². The van der Waals surface area contributed by atoms with Crippen molar-refractivity contribution in [3.63, 3.8) is 0 Å². The molecule has 4 N–H and O–H groups in total. The summed E-state index contributed by atoms with van der Waals surface area (Å²) in [5.74, 6) is -1.17. The van der Waals surface area contributed by atoms with Gasteiger partial charge in [0.15, 0.2) is 0 Å². The average Bonchev–Trinajstić information content (AvgIpc) is 2.16. The molecule has 0 radical (unpaired) electrons. The molecular formula is C9H12NO4PS. The first-order chi connectivity index (χ1) is 7.38. The summed E-state index contributed by atoms with van der Waals surface area (Å²) in [5, 5.41) is 11.0. The summed E-state index contributed by atoms with van der Waals surface area (Å²) < 4.78 is 0. The van der Waals surface area contributed by atoms with Crippen LogP contribution in [-0.2, 0) is 23.0 Å². The molecule has 7 heteroatoms. The normalized spacial score (nSPS) is 13.4. The molecule has 0 spiro atoms. The van der Waals surface area contributed by atoms with Gasteiger partial charge in [-0.15, -0.1) is 0 Å². The van der Waals surface area contributed by atoms with Gasteiger partial charge in [0, 0.05) is 0 Å². The van der Waals surface area contributed by atoms with Crippen molar-refractivity contribution in [2.75, 3.05) is 0 Å². The summed E-state index contributed by atoms with van der Waals surface area (Å²) in [4.78, 5) is 28.9. The van der Waals surface area contributed by atoms with E-state index in [1.807, 2.05) is 6.07 Å². The lowest BCUT2D eigenvalue weighted by atomic mass is 10.1. The molecule has 5 nitrogen and oxygen atoms in total. The first-order valence-corrected chi connectivity index (χ1v) is 7.19. The smallest absolute Gasteiger partial charge is 0.321 e. The fourth-order valence-electron chi connectivity index (χ4n) is 1.24. The Hall–Kier alpha value is -0.780. The highest BCUT2D eigenvalue weighted by molar-refractivity contribution is 8.08. The maximum atomic E-state index is 10.9. The van der Waals surface area contributed by atoms with Crippen LogP contribution in [-0.4, -0.2) is 26.9 Å².